The summed E-state index contributed by atoms with van der Waals surface area (Å²) in [5.41, 5.74) is 0. The third kappa shape index (κ3) is 57.6. The van der Waals surface area contributed by atoms with E-state index in [4.69, 9.17) is 37.0 Å². The Labute approximate surface area is 505 Å². The lowest BCUT2D eigenvalue weighted by molar-refractivity contribution is -0.161. The van der Waals surface area contributed by atoms with Crippen LogP contribution in [-0.2, 0) is 65.4 Å². The average molecular weight is 1230 g/mol. The second-order valence-electron chi connectivity index (χ2n) is 24.8. The number of phosphoric ester groups is 2. The second kappa shape index (κ2) is 54.2. The van der Waals surface area contributed by atoms with Crippen LogP contribution < -0.4 is 0 Å². The smallest absolute Gasteiger partial charge is 0.462 e. The molecular formula is C64H124O17P2. The third-order valence-electron chi connectivity index (χ3n) is 14.9. The predicted octanol–water partition coefficient (Wildman–Crippen LogP) is 17.4. The molecule has 0 amide bonds. The SMILES string of the molecule is CCC(C)CCCCCCCCC(=O)O[C@H](COC(=O)CCCCCCCCCCCC(C)C)COP(=O)(O)OCC(O)COP(=O)(O)OC[C@@H](COC(=O)CCCCCCCCCCC(C)C)OC(=O)CCCCCCCCCC(C)C. The zero-order valence-electron chi connectivity index (χ0n) is 53.8. The number of hydrogen-bond acceptors (Lipinski definition) is 15. The van der Waals surface area contributed by atoms with Crippen molar-refractivity contribution in [1.29, 1.82) is 0 Å². The number of rotatable bonds is 61. The van der Waals surface area contributed by atoms with E-state index in [2.05, 4.69) is 55.4 Å². The quantitative estimate of drug-likeness (QED) is 0.0222. The molecule has 0 saturated carbocycles. The van der Waals surface area contributed by atoms with Crippen molar-refractivity contribution in [2.45, 2.75) is 324 Å². The van der Waals surface area contributed by atoms with E-state index < -0.39 is 97.5 Å². The number of unbranched alkanes of at least 4 members (excludes halogenated alkanes) is 26. The lowest BCUT2D eigenvalue weighted by Gasteiger charge is -2.21. The van der Waals surface area contributed by atoms with Crippen LogP contribution in [0.15, 0.2) is 0 Å². The molecule has 0 aliphatic heterocycles. The van der Waals surface area contributed by atoms with Crippen LogP contribution in [0.25, 0.3) is 0 Å². The zero-order valence-corrected chi connectivity index (χ0v) is 55.6. The number of aliphatic hydroxyl groups excluding tert-OH is 1. The average Bonchev–Trinajstić information content (AvgIpc) is 3.44. The molecule has 0 bridgehead atoms. The molecule has 0 rings (SSSR count). The van der Waals surface area contributed by atoms with E-state index in [1.165, 1.54) is 109 Å². The fourth-order valence-electron chi connectivity index (χ4n) is 9.40. The van der Waals surface area contributed by atoms with Gasteiger partial charge in [0, 0.05) is 25.7 Å². The van der Waals surface area contributed by atoms with Crippen LogP contribution >= 0.6 is 15.6 Å². The van der Waals surface area contributed by atoms with Crippen molar-refractivity contribution in [3.05, 3.63) is 0 Å². The molecule has 6 atom stereocenters. The number of ether oxygens (including phenoxy) is 4. The molecule has 0 heterocycles. The van der Waals surface area contributed by atoms with Crippen molar-refractivity contribution in [3.63, 3.8) is 0 Å². The topological polar surface area (TPSA) is 237 Å². The minimum absolute atomic E-state index is 0.102. The summed E-state index contributed by atoms with van der Waals surface area (Å²) in [7, 11) is -9.89. The van der Waals surface area contributed by atoms with Crippen molar-refractivity contribution in [1.82, 2.24) is 0 Å². The van der Waals surface area contributed by atoms with Crippen LogP contribution in [0, 0.1) is 23.7 Å². The van der Waals surface area contributed by atoms with Crippen molar-refractivity contribution in [2.75, 3.05) is 39.6 Å². The van der Waals surface area contributed by atoms with Gasteiger partial charge in [-0.1, -0.05) is 254 Å². The molecule has 4 unspecified atom stereocenters. The molecular weight excluding hydrogens is 1100 g/mol. The van der Waals surface area contributed by atoms with Gasteiger partial charge >= 0.3 is 39.5 Å². The normalized spacial score (nSPS) is 14.8. The maximum Gasteiger partial charge on any atom is 0.472 e. The van der Waals surface area contributed by atoms with E-state index in [0.717, 1.165) is 108 Å². The molecule has 3 N–H and O–H groups in total. The number of carbonyl (C=O) groups excluding carboxylic acids is 4. The molecule has 0 fully saturated rings. The van der Waals surface area contributed by atoms with Gasteiger partial charge in [-0.25, -0.2) is 9.13 Å². The van der Waals surface area contributed by atoms with Gasteiger partial charge in [-0.3, -0.25) is 37.3 Å². The lowest BCUT2D eigenvalue weighted by atomic mass is 10.00. The highest BCUT2D eigenvalue weighted by Crippen LogP contribution is 2.45. The monoisotopic (exact) mass is 1230 g/mol. The van der Waals surface area contributed by atoms with Crippen LogP contribution in [-0.4, -0.2) is 96.7 Å². The fraction of sp³-hybridized carbons (Fsp3) is 0.938. The third-order valence-corrected chi connectivity index (χ3v) is 16.8. The minimum atomic E-state index is -4.95. The van der Waals surface area contributed by atoms with Crippen molar-refractivity contribution < 1.29 is 80.2 Å². The maximum atomic E-state index is 13.0. The van der Waals surface area contributed by atoms with Crippen LogP contribution in [0.4, 0.5) is 0 Å². The molecule has 0 aromatic rings. The van der Waals surface area contributed by atoms with E-state index in [-0.39, 0.29) is 25.7 Å². The summed E-state index contributed by atoms with van der Waals surface area (Å²) in [6.07, 6.45) is 33.6. The van der Waals surface area contributed by atoms with Gasteiger partial charge in [-0.2, -0.15) is 0 Å². The Morgan fingerprint density at radius 3 is 0.855 bits per heavy atom. The van der Waals surface area contributed by atoms with Crippen molar-refractivity contribution in [3.8, 4) is 0 Å². The molecule has 17 nitrogen and oxygen atoms in total. The Morgan fingerprint density at radius 1 is 0.337 bits per heavy atom. The first kappa shape index (κ1) is 81.1. The standard InChI is InChI=1S/C64H124O17P2/c1-9-57(8)43-35-27-22-23-31-39-47-64(69)81-60(51-74-61(66)44-36-28-19-12-10-11-16-24-32-40-54(2)3)53-79-83(72,73)77-49-58(65)48-76-82(70,71)78-52-59(80-63(68)46-38-30-21-15-18-26-34-42-56(6)7)50-75-62(67)45-37-29-20-14-13-17-25-33-41-55(4)5/h54-60,65H,9-53H2,1-8H3,(H,70,71)(H,72,73)/t57?,58?,59-,60-/m1/s1. The number of hydrogen-bond donors (Lipinski definition) is 3. The van der Waals surface area contributed by atoms with Crippen molar-refractivity contribution in [2.24, 2.45) is 23.7 Å². The van der Waals surface area contributed by atoms with Gasteiger partial charge in [0.15, 0.2) is 12.2 Å². The van der Waals surface area contributed by atoms with Gasteiger partial charge in [0.1, 0.15) is 19.3 Å². The molecule has 0 aromatic heterocycles. The summed E-state index contributed by atoms with van der Waals surface area (Å²) in [6.45, 7) is 13.9. The maximum absolute atomic E-state index is 13.0. The predicted molar refractivity (Wildman–Crippen MR) is 331 cm³/mol. The first-order valence-electron chi connectivity index (χ1n) is 33.2. The zero-order chi connectivity index (χ0) is 61.8. The minimum Gasteiger partial charge on any atom is -0.462 e. The fourth-order valence-corrected chi connectivity index (χ4v) is 11.0. The Balaban J connectivity index is 5.25. The van der Waals surface area contributed by atoms with Gasteiger partial charge in [-0.05, 0) is 49.4 Å². The summed E-state index contributed by atoms with van der Waals surface area (Å²) in [5.74, 6) is 0.743. The van der Waals surface area contributed by atoms with Gasteiger partial charge < -0.3 is 33.8 Å². The van der Waals surface area contributed by atoms with Gasteiger partial charge in [0.2, 0.25) is 0 Å². The first-order valence-corrected chi connectivity index (χ1v) is 36.2. The Bertz CT molecular complexity index is 1660. The molecule has 83 heavy (non-hydrogen) atoms. The largest absolute Gasteiger partial charge is 0.472 e. The van der Waals surface area contributed by atoms with Crippen molar-refractivity contribution >= 4 is 39.5 Å². The highest BCUT2D eigenvalue weighted by Gasteiger charge is 2.30. The van der Waals surface area contributed by atoms with E-state index >= 15 is 0 Å². The lowest BCUT2D eigenvalue weighted by Crippen LogP contribution is -2.30. The number of esters is 4. The van der Waals surface area contributed by atoms with E-state index in [1.807, 2.05) is 0 Å². The first-order chi connectivity index (χ1) is 39.6. The van der Waals surface area contributed by atoms with Crippen LogP contribution in [0.1, 0.15) is 306 Å². The molecule has 492 valence electrons. The van der Waals surface area contributed by atoms with E-state index in [0.29, 0.717) is 31.6 Å². The van der Waals surface area contributed by atoms with Crippen LogP contribution in [0.3, 0.4) is 0 Å². The number of carbonyl (C=O) groups is 4. The van der Waals surface area contributed by atoms with Crippen LogP contribution in [0.5, 0.6) is 0 Å². The molecule has 0 saturated heterocycles. The molecule has 0 aliphatic rings. The Hall–Kier alpha value is -1.94. The van der Waals surface area contributed by atoms with Gasteiger partial charge in [-0.15, -0.1) is 0 Å². The summed E-state index contributed by atoms with van der Waals surface area (Å²) in [4.78, 5) is 72.2. The van der Waals surface area contributed by atoms with E-state index in [1.54, 1.807) is 0 Å². The molecule has 19 heteroatoms. The molecule has 0 spiro atoms. The highest BCUT2D eigenvalue weighted by atomic mass is 31.2. The van der Waals surface area contributed by atoms with Gasteiger partial charge in [0.05, 0.1) is 26.4 Å². The van der Waals surface area contributed by atoms with Crippen LogP contribution in [0.2, 0.25) is 0 Å². The summed E-state index contributed by atoms with van der Waals surface area (Å²) in [6, 6.07) is 0. The molecule has 0 aromatic carbocycles. The second-order valence-corrected chi connectivity index (χ2v) is 27.7. The van der Waals surface area contributed by atoms with E-state index in [9.17, 15) is 43.2 Å². The molecule has 0 radical (unpaired) electrons. The number of aliphatic hydroxyl groups is 1. The van der Waals surface area contributed by atoms with Gasteiger partial charge in [0.25, 0.3) is 0 Å². The summed E-state index contributed by atoms with van der Waals surface area (Å²) in [5, 5.41) is 10.5. The highest BCUT2D eigenvalue weighted by molar-refractivity contribution is 7.47. The summed E-state index contributed by atoms with van der Waals surface area (Å²) < 4.78 is 68.0. The number of phosphoric acid groups is 2. The molecule has 0 aliphatic carbocycles. The Morgan fingerprint density at radius 2 is 0.578 bits per heavy atom. The summed E-state index contributed by atoms with van der Waals surface area (Å²) >= 11 is 0. The Kier molecular flexibility index (Phi) is 53.0.